The Morgan fingerprint density at radius 2 is 2.00 bits per heavy atom. The first-order valence-electron chi connectivity index (χ1n) is 8.49. The fourth-order valence-corrected chi connectivity index (χ4v) is 3.36. The Kier molecular flexibility index (Phi) is 6.55. The molecule has 1 aliphatic heterocycles. The van der Waals surface area contributed by atoms with Gasteiger partial charge in [-0.2, -0.15) is 0 Å². The van der Waals surface area contributed by atoms with Crippen molar-refractivity contribution in [2.75, 3.05) is 37.7 Å². The van der Waals surface area contributed by atoms with Gasteiger partial charge in [0.2, 0.25) is 0 Å². The molecule has 1 fully saturated rings. The van der Waals surface area contributed by atoms with Crippen LogP contribution in [0.2, 0.25) is 0 Å². The molecule has 27 heavy (non-hydrogen) atoms. The lowest BCUT2D eigenvalue weighted by atomic mass is 10.1. The number of carbonyl (C=O) groups excluding carboxylic acids is 2. The van der Waals surface area contributed by atoms with Crippen LogP contribution in [0.15, 0.2) is 29.6 Å². The standard InChI is InChI=1S/C17H20FN5O3S/c18-13-4-2-1-3-12(13)5-6-19-16(25)22-21-15(24)14-11-27-17(20-14)23-7-9-26-10-8-23/h1-4,11H,5-10H2,(H,21,24)(H2,19,22,25). The van der Waals surface area contributed by atoms with Crippen LogP contribution in [0, 0.1) is 5.82 Å². The van der Waals surface area contributed by atoms with Gasteiger partial charge in [0.05, 0.1) is 13.2 Å². The Balaban J connectivity index is 1.40. The average molecular weight is 393 g/mol. The van der Waals surface area contributed by atoms with E-state index >= 15 is 0 Å². The summed E-state index contributed by atoms with van der Waals surface area (Å²) in [7, 11) is 0. The number of urea groups is 1. The summed E-state index contributed by atoms with van der Waals surface area (Å²) >= 11 is 1.37. The molecular weight excluding hydrogens is 373 g/mol. The molecule has 10 heteroatoms. The van der Waals surface area contributed by atoms with Crippen molar-refractivity contribution in [1.29, 1.82) is 0 Å². The summed E-state index contributed by atoms with van der Waals surface area (Å²) in [6, 6.07) is 5.79. The van der Waals surface area contributed by atoms with E-state index in [9.17, 15) is 14.0 Å². The van der Waals surface area contributed by atoms with Crippen molar-refractivity contribution in [3.05, 3.63) is 46.7 Å². The van der Waals surface area contributed by atoms with Gasteiger partial charge in [0.15, 0.2) is 5.13 Å². The lowest BCUT2D eigenvalue weighted by molar-refractivity contribution is 0.0932. The molecule has 1 aliphatic rings. The molecule has 3 N–H and O–H groups in total. The second-order valence-electron chi connectivity index (χ2n) is 5.79. The van der Waals surface area contributed by atoms with Crippen LogP contribution in [0.25, 0.3) is 0 Å². The third kappa shape index (κ3) is 5.38. The smallest absolute Gasteiger partial charge is 0.333 e. The van der Waals surface area contributed by atoms with E-state index in [0.29, 0.717) is 25.2 Å². The number of nitrogens with zero attached hydrogens (tertiary/aromatic N) is 2. The molecule has 0 spiro atoms. The summed E-state index contributed by atoms with van der Waals surface area (Å²) < 4.78 is 18.8. The van der Waals surface area contributed by atoms with Crippen LogP contribution in [0.3, 0.4) is 0 Å². The lowest BCUT2D eigenvalue weighted by Crippen LogP contribution is -2.47. The van der Waals surface area contributed by atoms with Gasteiger partial charge in [0.1, 0.15) is 11.5 Å². The maximum atomic E-state index is 13.5. The van der Waals surface area contributed by atoms with E-state index < -0.39 is 11.9 Å². The van der Waals surface area contributed by atoms with E-state index in [1.165, 1.54) is 17.4 Å². The molecule has 2 aromatic rings. The van der Waals surface area contributed by atoms with Crippen molar-refractivity contribution >= 4 is 28.4 Å². The molecule has 3 rings (SSSR count). The van der Waals surface area contributed by atoms with Crippen molar-refractivity contribution < 1.29 is 18.7 Å². The molecule has 0 saturated carbocycles. The Labute approximate surface area is 159 Å². The van der Waals surface area contributed by atoms with E-state index in [2.05, 4.69) is 21.2 Å². The van der Waals surface area contributed by atoms with Crippen LogP contribution in [-0.4, -0.2) is 49.8 Å². The molecule has 144 valence electrons. The Hall–Kier alpha value is -2.72. The Morgan fingerprint density at radius 1 is 1.22 bits per heavy atom. The van der Waals surface area contributed by atoms with Gasteiger partial charge in [-0.05, 0) is 18.1 Å². The minimum Gasteiger partial charge on any atom is -0.378 e. The number of hydrogen-bond acceptors (Lipinski definition) is 6. The summed E-state index contributed by atoms with van der Waals surface area (Å²) in [4.78, 5) is 30.2. The van der Waals surface area contributed by atoms with Crippen molar-refractivity contribution in [2.45, 2.75) is 6.42 Å². The quantitative estimate of drug-likeness (QED) is 0.666. The van der Waals surface area contributed by atoms with Gasteiger partial charge in [0, 0.05) is 25.0 Å². The predicted octanol–water partition coefficient (Wildman–Crippen LogP) is 1.31. The van der Waals surface area contributed by atoms with Gasteiger partial charge in [-0.3, -0.25) is 10.2 Å². The van der Waals surface area contributed by atoms with Gasteiger partial charge >= 0.3 is 6.03 Å². The lowest BCUT2D eigenvalue weighted by Gasteiger charge is -2.25. The van der Waals surface area contributed by atoms with E-state index in [1.807, 2.05) is 4.90 Å². The van der Waals surface area contributed by atoms with Crippen molar-refractivity contribution in [3.8, 4) is 0 Å². The summed E-state index contributed by atoms with van der Waals surface area (Å²) in [6.45, 7) is 2.97. The van der Waals surface area contributed by atoms with Crippen LogP contribution in [0.4, 0.5) is 14.3 Å². The Morgan fingerprint density at radius 3 is 2.78 bits per heavy atom. The number of halogens is 1. The van der Waals surface area contributed by atoms with E-state index in [1.54, 1.807) is 23.6 Å². The summed E-state index contributed by atoms with van der Waals surface area (Å²) in [5.74, 6) is -0.817. The number of benzene rings is 1. The molecule has 2 heterocycles. The summed E-state index contributed by atoms with van der Waals surface area (Å²) in [5.41, 5.74) is 5.30. The van der Waals surface area contributed by atoms with Crippen molar-refractivity contribution in [1.82, 2.24) is 21.2 Å². The van der Waals surface area contributed by atoms with Gasteiger partial charge in [-0.1, -0.05) is 18.2 Å². The van der Waals surface area contributed by atoms with Crippen LogP contribution < -0.4 is 21.1 Å². The van der Waals surface area contributed by atoms with E-state index in [0.717, 1.165) is 18.2 Å². The maximum Gasteiger partial charge on any atom is 0.333 e. The predicted molar refractivity (Wildman–Crippen MR) is 99.3 cm³/mol. The minimum atomic E-state index is -0.580. The number of amides is 3. The highest BCUT2D eigenvalue weighted by Gasteiger charge is 2.17. The van der Waals surface area contributed by atoms with Crippen LogP contribution in [0.5, 0.6) is 0 Å². The van der Waals surface area contributed by atoms with Gasteiger partial charge < -0.3 is 15.0 Å². The number of hydrazine groups is 1. The van der Waals surface area contributed by atoms with E-state index in [4.69, 9.17) is 4.74 Å². The van der Waals surface area contributed by atoms with Crippen LogP contribution >= 0.6 is 11.3 Å². The van der Waals surface area contributed by atoms with Crippen molar-refractivity contribution in [2.24, 2.45) is 0 Å². The van der Waals surface area contributed by atoms with Crippen molar-refractivity contribution in [3.63, 3.8) is 0 Å². The second-order valence-corrected chi connectivity index (χ2v) is 6.63. The SMILES string of the molecule is O=C(NCCc1ccccc1F)NNC(=O)c1csc(N2CCOCC2)n1. The molecule has 0 atom stereocenters. The highest BCUT2D eigenvalue weighted by atomic mass is 32.1. The number of anilines is 1. The molecule has 1 saturated heterocycles. The number of aromatic nitrogens is 1. The van der Waals surface area contributed by atoms with Gasteiger partial charge in [-0.15, -0.1) is 11.3 Å². The third-order valence-corrected chi connectivity index (χ3v) is 4.84. The number of rotatable bonds is 5. The molecule has 8 nitrogen and oxygen atoms in total. The molecule has 1 aromatic heterocycles. The molecular formula is C17H20FN5O3S. The molecule has 0 radical (unpaired) electrons. The number of ether oxygens (including phenoxy) is 1. The minimum absolute atomic E-state index is 0.230. The molecule has 0 unspecified atom stereocenters. The zero-order valence-corrected chi connectivity index (χ0v) is 15.4. The zero-order chi connectivity index (χ0) is 19.1. The second kappa shape index (κ2) is 9.28. The monoisotopic (exact) mass is 393 g/mol. The van der Waals surface area contributed by atoms with Crippen LogP contribution in [0.1, 0.15) is 16.1 Å². The highest BCUT2D eigenvalue weighted by molar-refractivity contribution is 7.13. The normalized spacial score (nSPS) is 13.9. The Bertz CT molecular complexity index is 794. The van der Waals surface area contributed by atoms with Crippen LogP contribution in [-0.2, 0) is 11.2 Å². The highest BCUT2D eigenvalue weighted by Crippen LogP contribution is 2.21. The average Bonchev–Trinajstić information content (AvgIpc) is 3.19. The van der Waals surface area contributed by atoms with Gasteiger partial charge in [-0.25, -0.2) is 19.6 Å². The number of nitrogens with one attached hydrogen (secondary N) is 3. The summed E-state index contributed by atoms with van der Waals surface area (Å²) in [5, 5.41) is 4.94. The number of carbonyl (C=O) groups is 2. The topological polar surface area (TPSA) is 95.6 Å². The molecule has 3 amide bonds. The molecule has 0 aliphatic carbocycles. The summed E-state index contributed by atoms with van der Waals surface area (Å²) in [6.07, 6.45) is 0.350. The fourth-order valence-electron chi connectivity index (χ4n) is 2.50. The first-order chi connectivity index (χ1) is 13.1. The molecule has 1 aromatic carbocycles. The fraction of sp³-hybridized carbons (Fsp3) is 0.353. The first kappa shape index (κ1) is 19.1. The number of thiazole rings is 1. The number of morpholine rings is 1. The largest absolute Gasteiger partial charge is 0.378 e. The maximum absolute atomic E-state index is 13.5. The molecule has 0 bridgehead atoms. The van der Waals surface area contributed by atoms with E-state index in [-0.39, 0.29) is 18.1 Å². The number of hydrogen-bond donors (Lipinski definition) is 3. The van der Waals surface area contributed by atoms with Gasteiger partial charge in [0.25, 0.3) is 5.91 Å². The zero-order valence-electron chi connectivity index (χ0n) is 14.5. The third-order valence-electron chi connectivity index (χ3n) is 3.93. The first-order valence-corrected chi connectivity index (χ1v) is 9.37.